The quantitative estimate of drug-likeness (QED) is 0.618. The molecule has 0 saturated carbocycles. The highest BCUT2D eigenvalue weighted by Gasteiger charge is 2.23. The number of nitrogens with zero attached hydrogens (tertiary/aromatic N) is 3. The van der Waals surface area contributed by atoms with Crippen molar-refractivity contribution in [3.63, 3.8) is 0 Å². The smallest absolute Gasteiger partial charge is 0.321 e. The summed E-state index contributed by atoms with van der Waals surface area (Å²) in [4.78, 5) is 23.6. The van der Waals surface area contributed by atoms with Gasteiger partial charge in [0.1, 0.15) is 5.76 Å². The van der Waals surface area contributed by atoms with Gasteiger partial charge in [0.25, 0.3) is 0 Å². The molecule has 1 atom stereocenters. The molecule has 3 amide bonds. The van der Waals surface area contributed by atoms with Crippen LogP contribution in [0, 0.1) is 6.92 Å². The van der Waals surface area contributed by atoms with Crippen molar-refractivity contribution >= 4 is 23.7 Å². The summed E-state index contributed by atoms with van der Waals surface area (Å²) >= 11 is 1.24. The third-order valence-electron chi connectivity index (χ3n) is 4.12. The van der Waals surface area contributed by atoms with Crippen LogP contribution in [-0.4, -0.2) is 39.0 Å². The number of aryl methyl sites for hydroxylation is 1. The number of furan rings is 1. The standard InChI is InChI=1S/C19H21N5O3S/c1-12-15(9-10-27-12)16-22-23-19(24(16)11-14-7-5-4-6-8-14)28-13(2)17(25)21-18(26)20-3/h4-10,13H,11H2,1-3H3,(H2,20,21,25,26)/t13-/m1/s1. The third-order valence-corrected chi connectivity index (χ3v) is 5.20. The Hall–Kier alpha value is -3.07. The molecule has 0 aliphatic carbocycles. The number of carbonyl (C=O) groups excluding carboxylic acids is 2. The number of benzene rings is 1. The fourth-order valence-corrected chi connectivity index (χ4v) is 3.44. The highest BCUT2D eigenvalue weighted by atomic mass is 32.2. The van der Waals surface area contributed by atoms with Gasteiger partial charge in [-0.1, -0.05) is 42.1 Å². The average Bonchev–Trinajstić information content (AvgIpc) is 3.28. The van der Waals surface area contributed by atoms with Crippen molar-refractivity contribution in [1.82, 2.24) is 25.4 Å². The van der Waals surface area contributed by atoms with Gasteiger partial charge in [0.2, 0.25) is 5.91 Å². The van der Waals surface area contributed by atoms with Gasteiger partial charge in [0, 0.05) is 7.05 Å². The van der Waals surface area contributed by atoms with E-state index in [1.165, 1.54) is 18.8 Å². The highest BCUT2D eigenvalue weighted by molar-refractivity contribution is 8.00. The average molecular weight is 399 g/mol. The Morgan fingerprint density at radius 2 is 1.96 bits per heavy atom. The minimum Gasteiger partial charge on any atom is -0.469 e. The number of aromatic nitrogens is 3. The van der Waals surface area contributed by atoms with Crippen molar-refractivity contribution < 1.29 is 14.0 Å². The fraction of sp³-hybridized carbons (Fsp3) is 0.263. The number of carbonyl (C=O) groups is 2. The van der Waals surface area contributed by atoms with Gasteiger partial charge in [-0.05, 0) is 25.5 Å². The molecule has 0 bridgehead atoms. The van der Waals surface area contributed by atoms with E-state index in [2.05, 4.69) is 20.8 Å². The number of amides is 3. The summed E-state index contributed by atoms with van der Waals surface area (Å²) < 4.78 is 7.36. The van der Waals surface area contributed by atoms with E-state index < -0.39 is 17.2 Å². The Morgan fingerprint density at radius 3 is 2.61 bits per heavy atom. The largest absolute Gasteiger partial charge is 0.469 e. The number of urea groups is 1. The van der Waals surface area contributed by atoms with Gasteiger partial charge in [-0.15, -0.1) is 10.2 Å². The zero-order valence-electron chi connectivity index (χ0n) is 15.8. The lowest BCUT2D eigenvalue weighted by Gasteiger charge is -2.13. The van der Waals surface area contributed by atoms with Crippen LogP contribution in [0.5, 0.6) is 0 Å². The molecule has 3 aromatic rings. The topological polar surface area (TPSA) is 102 Å². The molecule has 0 saturated heterocycles. The predicted octanol–water partition coefficient (Wildman–Crippen LogP) is 2.83. The van der Waals surface area contributed by atoms with E-state index >= 15 is 0 Å². The number of thioether (sulfide) groups is 1. The monoisotopic (exact) mass is 399 g/mol. The normalized spacial score (nSPS) is 11.8. The van der Waals surface area contributed by atoms with Crippen LogP contribution in [-0.2, 0) is 11.3 Å². The zero-order valence-corrected chi connectivity index (χ0v) is 16.6. The third kappa shape index (κ3) is 4.42. The summed E-state index contributed by atoms with van der Waals surface area (Å²) in [6, 6.07) is 11.2. The molecule has 146 valence electrons. The second kappa shape index (κ2) is 8.75. The van der Waals surface area contributed by atoms with Gasteiger partial charge < -0.3 is 9.73 Å². The minimum absolute atomic E-state index is 0.403. The van der Waals surface area contributed by atoms with Gasteiger partial charge >= 0.3 is 6.03 Å². The highest BCUT2D eigenvalue weighted by Crippen LogP contribution is 2.29. The summed E-state index contributed by atoms with van der Waals surface area (Å²) in [5.41, 5.74) is 1.92. The molecule has 3 rings (SSSR count). The van der Waals surface area contributed by atoms with E-state index in [1.54, 1.807) is 13.2 Å². The van der Waals surface area contributed by atoms with Gasteiger partial charge in [-0.2, -0.15) is 0 Å². The Kier molecular flexibility index (Phi) is 6.15. The van der Waals surface area contributed by atoms with Crippen LogP contribution in [0.2, 0.25) is 0 Å². The zero-order chi connectivity index (χ0) is 20.1. The number of hydrogen-bond donors (Lipinski definition) is 2. The van der Waals surface area contributed by atoms with Crippen LogP contribution in [0.1, 0.15) is 18.2 Å². The molecular weight excluding hydrogens is 378 g/mol. The molecule has 28 heavy (non-hydrogen) atoms. The van der Waals surface area contributed by atoms with Crippen molar-refractivity contribution in [3.8, 4) is 11.4 Å². The summed E-state index contributed by atoms with van der Waals surface area (Å²) in [5.74, 6) is 1.000. The SMILES string of the molecule is CNC(=O)NC(=O)[C@@H](C)Sc1nnc(-c2ccoc2C)n1Cc1ccccc1. The Bertz CT molecular complexity index is 967. The van der Waals surface area contributed by atoms with Crippen LogP contribution < -0.4 is 10.6 Å². The second-order valence-electron chi connectivity index (χ2n) is 6.10. The van der Waals surface area contributed by atoms with E-state index in [4.69, 9.17) is 4.42 Å². The number of nitrogens with one attached hydrogen (secondary N) is 2. The fourth-order valence-electron chi connectivity index (χ4n) is 2.59. The molecule has 0 spiro atoms. The van der Waals surface area contributed by atoms with Crippen molar-refractivity contribution in [2.24, 2.45) is 0 Å². The minimum atomic E-state index is -0.544. The molecule has 0 unspecified atom stereocenters. The maximum absolute atomic E-state index is 12.2. The molecule has 9 heteroatoms. The molecule has 0 radical (unpaired) electrons. The van der Waals surface area contributed by atoms with Gasteiger partial charge in [0.05, 0.1) is 23.6 Å². The van der Waals surface area contributed by atoms with Crippen molar-refractivity contribution in [2.45, 2.75) is 30.8 Å². The first-order chi connectivity index (χ1) is 13.5. The molecule has 0 aliphatic heterocycles. The number of rotatable bonds is 6. The molecule has 1 aromatic carbocycles. The van der Waals surface area contributed by atoms with Crippen LogP contribution >= 0.6 is 11.8 Å². The molecule has 0 fully saturated rings. The summed E-state index contributed by atoms with van der Waals surface area (Å²) in [6.07, 6.45) is 1.61. The van der Waals surface area contributed by atoms with Gasteiger partial charge in [-0.25, -0.2) is 4.79 Å². The lowest BCUT2D eigenvalue weighted by Crippen LogP contribution is -2.41. The van der Waals surface area contributed by atoms with E-state index in [9.17, 15) is 9.59 Å². The molecule has 2 heterocycles. The molecule has 2 N–H and O–H groups in total. The number of hydrogen-bond acceptors (Lipinski definition) is 6. The van der Waals surface area contributed by atoms with Crippen LogP contribution in [0.4, 0.5) is 4.79 Å². The lowest BCUT2D eigenvalue weighted by molar-refractivity contribution is -0.119. The second-order valence-corrected chi connectivity index (χ2v) is 7.40. The summed E-state index contributed by atoms with van der Waals surface area (Å²) in [7, 11) is 1.45. The molecule has 8 nitrogen and oxygen atoms in total. The Morgan fingerprint density at radius 1 is 1.21 bits per heavy atom. The first-order valence-electron chi connectivity index (χ1n) is 8.70. The molecule has 0 aliphatic rings. The first-order valence-corrected chi connectivity index (χ1v) is 9.58. The van der Waals surface area contributed by atoms with E-state index in [1.807, 2.05) is 47.9 Å². The van der Waals surface area contributed by atoms with Crippen molar-refractivity contribution in [3.05, 3.63) is 54.0 Å². The van der Waals surface area contributed by atoms with Crippen molar-refractivity contribution in [1.29, 1.82) is 0 Å². The van der Waals surface area contributed by atoms with E-state index in [0.717, 1.165) is 16.9 Å². The van der Waals surface area contributed by atoms with E-state index in [0.29, 0.717) is 17.5 Å². The molecule has 2 aromatic heterocycles. The van der Waals surface area contributed by atoms with Gasteiger partial charge in [0.15, 0.2) is 11.0 Å². The van der Waals surface area contributed by atoms with Crippen LogP contribution in [0.25, 0.3) is 11.4 Å². The Balaban J connectivity index is 1.90. The first kappa shape index (κ1) is 19.7. The summed E-state index contributed by atoms with van der Waals surface area (Å²) in [6.45, 7) is 4.12. The van der Waals surface area contributed by atoms with Crippen LogP contribution in [0.3, 0.4) is 0 Å². The number of imide groups is 1. The van der Waals surface area contributed by atoms with Crippen molar-refractivity contribution in [2.75, 3.05) is 7.05 Å². The maximum atomic E-state index is 12.2. The molecular formula is C19H21N5O3S. The Labute approximate surface area is 166 Å². The van der Waals surface area contributed by atoms with Crippen LogP contribution in [0.15, 0.2) is 52.2 Å². The predicted molar refractivity (Wildman–Crippen MR) is 106 cm³/mol. The van der Waals surface area contributed by atoms with E-state index in [-0.39, 0.29) is 0 Å². The maximum Gasteiger partial charge on any atom is 0.321 e. The van der Waals surface area contributed by atoms with Gasteiger partial charge in [-0.3, -0.25) is 14.7 Å². The lowest BCUT2D eigenvalue weighted by atomic mass is 10.2. The summed E-state index contributed by atoms with van der Waals surface area (Å²) in [5, 5.41) is 13.3.